The fraction of sp³-hybridized carbons (Fsp3) is 0.294. The number of benzene rings is 2. The predicted octanol–water partition coefficient (Wildman–Crippen LogP) is 3.86. The SMILES string of the molecule is Cc1ccc(N(CC(C)F)S(=O)(=O)c2ccc(C)cc2)cc1. The quantitative estimate of drug-likeness (QED) is 0.838. The van der Waals surface area contributed by atoms with E-state index in [0.717, 1.165) is 15.4 Å². The number of rotatable bonds is 5. The number of halogens is 1. The minimum atomic E-state index is -3.79. The van der Waals surface area contributed by atoms with E-state index < -0.39 is 16.2 Å². The van der Waals surface area contributed by atoms with Crippen LogP contribution in [-0.2, 0) is 10.0 Å². The van der Waals surface area contributed by atoms with Crippen LogP contribution in [0, 0.1) is 13.8 Å². The molecule has 118 valence electrons. The molecule has 0 radical (unpaired) electrons. The van der Waals surface area contributed by atoms with E-state index in [1.807, 2.05) is 26.0 Å². The van der Waals surface area contributed by atoms with Crippen LogP contribution in [0.5, 0.6) is 0 Å². The van der Waals surface area contributed by atoms with Gasteiger partial charge < -0.3 is 0 Å². The van der Waals surface area contributed by atoms with E-state index in [0.29, 0.717) is 5.69 Å². The van der Waals surface area contributed by atoms with E-state index in [1.165, 1.54) is 6.92 Å². The maximum atomic E-state index is 13.5. The summed E-state index contributed by atoms with van der Waals surface area (Å²) < 4.78 is 40.3. The molecule has 0 saturated carbocycles. The van der Waals surface area contributed by atoms with Crippen LogP contribution in [-0.4, -0.2) is 21.1 Å². The summed E-state index contributed by atoms with van der Waals surface area (Å²) in [5.41, 5.74) is 2.46. The van der Waals surface area contributed by atoms with Gasteiger partial charge in [0.1, 0.15) is 6.17 Å². The van der Waals surface area contributed by atoms with E-state index in [1.54, 1.807) is 36.4 Å². The van der Waals surface area contributed by atoms with E-state index in [2.05, 4.69) is 0 Å². The van der Waals surface area contributed by atoms with Crippen molar-refractivity contribution >= 4 is 15.7 Å². The highest BCUT2D eigenvalue weighted by molar-refractivity contribution is 7.92. The topological polar surface area (TPSA) is 37.4 Å². The van der Waals surface area contributed by atoms with E-state index in [9.17, 15) is 12.8 Å². The van der Waals surface area contributed by atoms with Gasteiger partial charge in [0.2, 0.25) is 0 Å². The molecule has 2 rings (SSSR count). The van der Waals surface area contributed by atoms with Crippen LogP contribution in [0.15, 0.2) is 53.4 Å². The molecule has 0 saturated heterocycles. The van der Waals surface area contributed by atoms with Crippen LogP contribution in [0.25, 0.3) is 0 Å². The molecule has 3 nitrogen and oxygen atoms in total. The van der Waals surface area contributed by atoms with Gasteiger partial charge in [-0.3, -0.25) is 4.31 Å². The van der Waals surface area contributed by atoms with Gasteiger partial charge in [-0.05, 0) is 45.0 Å². The van der Waals surface area contributed by atoms with Gasteiger partial charge in [-0.1, -0.05) is 35.4 Å². The van der Waals surface area contributed by atoms with Gasteiger partial charge in [0, 0.05) is 0 Å². The van der Waals surface area contributed by atoms with Crippen molar-refractivity contribution in [1.29, 1.82) is 0 Å². The summed E-state index contributed by atoms with van der Waals surface area (Å²) in [6, 6.07) is 13.6. The molecule has 0 aliphatic rings. The molecule has 0 fully saturated rings. The Hall–Kier alpha value is -1.88. The summed E-state index contributed by atoms with van der Waals surface area (Å²) in [5.74, 6) is 0. The van der Waals surface area contributed by atoms with Gasteiger partial charge >= 0.3 is 0 Å². The Bertz CT molecular complexity index is 722. The summed E-state index contributed by atoms with van der Waals surface area (Å²) >= 11 is 0. The maximum Gasteiger partial charge on any atom is 0.264 e. The molecule has 0 aromatic heterocycles. The average molecular weight is 321 g/mol. The number of hydrogen-bond donors (Lipinski definition) is 0. The molecule has 0 N–H and O–H groups in total. The highest BCUT2D eigenvalue weighted by atomic mass is 32.2. The molecule has 0 aliphatic carbocycles. The molecule has 0 heterocycles. The van der Waals surface area contributed by atoms with Crippen molar-refractivity contribution in [2.45, 2.75) is 31.8 Å². The molecule has 2 aromatic rings. The first-order valence-corrected chi connectivity index (χ1v) is 8.55. The molecular weight excluding hydrogens is 301 g/mol. The minimum absolute atomic E-state index is 0.166. The Morgan fingerprint density at radius 1 is 0.955 bits per heavy atom. The van der Waals surface area contributed by atoms with Gasteiger partial charge in [-0.25, -0.2) is 12.8 Å². The molecule has 0 bridgehead atoms. The van der Waals surface area contributed by atoms with Crippen molar-refractivity contribution in [1.82, 2.24) is 0 Å². The van der Waals surface area contributed by atoms with E-state index in [4.69, 9.17) is 0 Å². The van der Waals surface area contributed by atoms with Gasteiger partial charge in [0.05, 0.1) is 17.1 Å². The largest absolute Gasteiger partial charge is 0.264 e. The van der Waals surface area contributed by atoms with Crippen molar-refractivity contribution in [3.05, 3.63) is 59.7 Å². The van der Waals surface area contributed by atoms with Crippen LogP contribution in [0.4, 0.5) is 10.1 Å². The Labute approximate surface area is 131 Å². The number of nitrogens with zero attached hydrogens (tertiary/aromatic N) is 1. The fourth-order valence-corrected chi connectivity index (χ4v) is 3.65. The van der Waals surface area contributed by atoms with Crippen molar-refractivity contribution in [3.63, 3.8) is 0 Å². The van der Waals surface area contributed by atoms with Crippen LogP contribution in [0.3, 0.4) is 0 Å². The predicted molar refractivity (Wildman–Crippen MR) is 87.5 cm³/mol. The first-order valence-electron chi connectivity index (χ1n) is 7.11. The fourth-order valence-electron chi connectivity index (χ4n) is 2.12. The number of anilines is 1. The second kappa shape index (κ2) is 6.48. The Kier molecular flexibility index (Phi) is 4.86. The zero-order chi connectivity index (χ0) is 16.3. The number of aryl methyl sites for hydroxylation is 2. The van der Waals surface area contributed by atoms with Gasteiger partial charge in [-0.15, -0.1) is 0 Å². The first-order chi connectivity index (χ1) is 10.3. The standard InChI is InChI=1S/C17H20FNO2S/c1-13-4-8-16(9-5-13)19(12-15(3)18)22(20,21)17-10-6-14(2)7-11-17/h4-11,15H,12H2,1-3H3. The lowest BCUT2D eigenvalue weighted by Crippen LogP contribution is -2.35. The molecular formula is C17H20FNO2S. The first kappa shape index (κ1) is 16.5. The molecule has 5 heteroatoms. The van der Waals surface area contributed by atoms with Crippen molar-refractivity contribution in [3.8, 4) is 0 Å². The van der Waals surface area contributed by atoms with Crippen LogP contribution < -0.4 is 4.31 Å². The van der Waals surface area contributed by atoms with Gasteiger partial charge in [-0.2, -0.15) is 0 Å². The van der Waals surface area contributed by atoms with E-state index >= 15 is 0 Å². The summed E-state index contributed by atoms with van der Waals surface area (Å²) in [6.07, 6.45) is -1.26. The number of sulfonamides is 1. The summed E-state index contributed by atoms with van der Waals surface area (Å²) in [4.78, 5) is 0.166. The maximum absolute atomic E-state index is 13.5. The highest BCUT2D eigenvalue weighted by Gasteiger charge is 2.26. The summed E-state index contributed by atoms with van der Waals surface area (Å²) in [7, 11) is -3.79. The van der Waals surface area contributed by atoms with E-state index in [-0.39, 0.29) is 11.4 Å². The lowest BCUT2D eigenvalue weighted by molar-refractivity contribution is 0.370. The number of hydrogen-bond acceptors (Lipinski definition) is 2. The molecule has 2 aromatic carbocycles. The molecule has 22 heavy (non-hydrogen) atoms. The molecule has 0 amide bonds. The van der Waals surface area contributed by atoms with Crippen molar-refractivity contribution in [2.75, 3.05) is 10.8 Å². The lowest BCUT2D eigenvalue weighted by Gasteiger charge is -2.25. The minimum Gasteiger partial charge on any atom is -0.263 e. The molecule has 0 spiro atoms. The summed E-state index contributed by atoms with van der Waals surface area (Å²) in [6.45, 7) is 4.95. The monoisotopic (exact) mass is 321 g/mol. The van der Waals surface area contributed by atoms with Crippen LogP contribution in [0.2, 0.25) is 0 Å². The smallest absolute Gasteiger partial charge is 0.263 e. The Balaban J connectivity index is 2.48. The molecule has 1 atom stereocenters. The third-order valence-corrected chi connectivity index (χ3v) is 5.16. The zero-order valence-corrected chi connectivity index (χ0v) is 13.8. The zero-order valence-electron chi connectivity index (χ0n) is 13.0. The van der Waals surface area contributed by atoms with Crippen molar-refractivity contribution < 1.29 is 12.8 Å². The third kappa shape index (κ3) is 3.65. The molecule has 1 unspecified atom stereocenters. The second-order valence-corrected chi connectivity index (χ2v) is 7.33. The second-order valence-electron chi connectivity index (χ2n) is 5.47. The van der Waals surface area contributed by atoms with Crippen LogP contribution >= 0.6 is 0 Å². The average Bonchev–Trinajstić information content (AvgIpc) is 2.46. The third-order valence-electron chi connectivity index (χ3n) is 3.35. The molecule has 0 aliphatic heterocycles. The normalized spacial score (nSPS) is 12.9. The summed E-state index contributed by atoms with van der Waals surface area (Å²) in [5, 5.41) is 0. The van der Waals surface area contributed by atoms with Crippen LogP contribution in [0.1, 0.15) is 18.1 Å². The van der Waals surface area contributed by atoms with Gasteiger partial charge in [0.25, 0.3) is 10.0 Å². The van der Waals surface area contributed by atoms with Crippen molar-refractivity contribution in [2.24, 2.45) is 0 Å². The highest BCUT2D eigenvalue weighted by Crippen LogP contribution is 2.25. The number of alkyl halides is 1. The van der Waals surface area contributed by atoms with Gasteiger partial charge in [0.15, 0.2) is 0 Å². The Morgan fingerprint density at radius 3 is 1.86 bits per heavy atom. The Morgan fingerprint density at radius 2 is 1.41 bits per heavy atom. The lowest BCUT2D eigenvalue weighted by atomic mass is 10.2.